The molecule has 1 fully saturated rings. The molecule has 0 saturated heterocycles. The van der Waals surface area contributed by atoms with E-state index in [-0.39, 0.29) is 11.9 Å². The second kappa shape index (κ2) is 8.39. The first-order chi connectivity index (χ1) is 14.2. The van der Waals surface area contributed by atoms with Crippen molar-refractivity contribution in [3.63, 3.8) is 0 Å². The summed E-state index contributed by atoms with van der Waals surface area (Å²) in [5.41, 5.74) is 2.91. The Bertz CT molecular complexity index is 992. The van der Waals surface area contributed by atoms with Gasteiger partial charge >= 0.3 is 0 Å². The fraction of sp³-hybridized carbons (Fsp3) is 0.304. The molecule has 1 amide bonds. The second-order valence-corrected chi connectivity index (χ2v) is 7.20. The fourth-order valence-corrected chi connectivity index (χ4v) is 3.79. The van der Waals surface area contributed by atoms with E-state index in [0.29, 0.717) is 17.2 Å². The van der Waals surface area contributed by atoms with Crippen molar-refractivity contribution in [1.29, 1.82) is 0 Å². The van der Waals surface area contributed by atoms with Crippen LogP contribution in [0.4, 0.5) is 0 Å². The summed E-state index contributed by atoms with van der Waals surface area (Å²) >= 11 is 0. The largest absolute Gasteiger partial charge is 0.493 e. The molecule has 3 aromatic rings. The number of carbonyl (C=O) groups is 1. The van der Waals surface area contributed by atoms with E-state index in [4.69, 9.17) is 9.47 Å². The lowest BCUT2D eigenvalue weighted by atomic mass is 10.0. The van der Waals surface area contributed by atoms with Gasteiger partial charge in [0.1, 0.15) is 0 Å². The van der Waals surface area contributed by atoms with Crippen molar-refractivity contribution >= 4 is 5.91 Å². The first kappa shape index (κ1) is 19.1. The molecule has 0 radical (unpaired) electrons. The number of hydrogen-bond donors (Lipinski definition) is 1. The Labute approximate surface area is 170 Å². The summed E-state index contributed by atoms with van der Waals surface area (Å²) in [6.45, 7) is 0. The van der Waals surface area contributed by atoms with Gasteiger partial charge in [0, 0.05) is 17.8 Å². The van der Waals surface area contributed by atoms with Crippen LogP contribution < -0.4 is 14.8 Å². The number of nitrogens with one attached hydrogen (secondary N) is 1. The van der Waals surface area contributed by atoms with Crippen LogP contribution in [0.2, 0.25) is 0 Å². The molecular weight excluding hydrogens is 366 g/mol. The van der Waals surface area contributed by atoms with Crippen LogP contribution in [0.15, 0.2) is 54.7 Å². The first-order valence-corrected chi connectivity index (χ1v) is 9.88. The molecule has 2 aromatic carbocycles. The Hall–Kier alpha value is -3.28. The van der Waals surface area contributed by atoms with Gasteiger partial charge in [0.25, 0.3) is 5.91 Å². The molecule has 1 aromatic heterocycles. The quantitative estimate of drug-likeness (QED) is 0.683. The average molecular weight is 391 g/mol. The van der Waals surface area contributed by atoms with E-state index >= 15 is 0 Å². The third-order valence-electron chi connectivity index (χ3n) is 5.33. The molecular formula is C23H25N3O3. The van der Waals surface area contributed by atoms with Gasteiger partial charge in [-0.3, -0.25) is 4.79 Å². The summed E-state index contributed by atoms with van der Waals surface area (Å²) in [6, 6.07) is 15.6. The lowest BCUT2D eigenvalue weighted by Crippen LogP contribution is -2.33. The monoisotopic (exact) mass is 391 g/mol. The highest BCUT2D eigenvalue weighted by molar-refractivity contribution is 5.99. The van der Waals surface area contributed by atoms with Crippen molar-refractivity contribution in [2.24, 2.45) is 0 Å². The number of amides is 1. The van der Waals surface area contributed by atoms with Gasteiger partial charge in [-0.25, -0.2) is 4.68 Å². The summed E-state index contributed by atoms with van der Waals surface area (Å²) in [4.78, 5) is 13.1. The number of ether oxygens (including phenoxy) is 2. The fourth-order valence-electron chi connectivity index (χ4n) is 3.79. The first-order valence-electron chi connectivity index (χ1n) is 9.88. The molecule has 150 valence electrons. The lowest BCUT2D eigenvalue weighted by molar-refractivity contribution is 0.0933. The molecule has 0 unspecified atom stereocenters. The van der Waals surface area contributed by atoms with Gasteiger partial charge < -0.3 is 14.8 Å². The summed E-state index contributed by atoms with van der Waals surface area (Å²) in [6.07, 6.45) is 6.26. The van der Waals surface area contributed by atoms with Crippen LogP contribution in [-0.4, -0.2) is 35.9 Å². The second-order valence-electron chi connectivity index (χ2n) is 7.20. The van der Waals surface area contributed by atoms with Crippen LogP contribution in [0.1, 0.15) is 36.2 Å². The molecule has 6 nitrogen and oxygen atoms in total. The van der Waals surface area contributed by atoms with Crippen molar-refractivity contribution in [2.75, 3.05) is 14.2 Å². The van der Waals surface area contributed by atoms with Crippen molar-refractivity contribution in [3.8, 4) is 28.3 Å². The summed E-state index contributed by atoms with van der Waals surface area (Å²) in [7, 11) is 3.20. The van der Waals surface area contributed by atoms with Crippen LogP contribution in [-0.2, 0) is 0 Å². The minimum absolute atomic E-state index is 0.142. The van der Waals surface area contributed by atoms with Crippen LogP contribution >= 0.6 is 0 Å². The number of hydrogen-bond acceptors (Lipinski definition) is 4. The van der Waals surface area contributed by atoms with Gasteiger partial charge in [-0.05, 0) is 42.7 Å². The van der Waals surface area contributed by atoms with Crippen LogP contribution in [0.3, 0.4) is 0 Å². The number of rotatable bonds is 6. The maximum Gasteiger partial charge on any atom is 0.272 e. The summed E-state index contributed by atoms with van der Waals surface area (Å²) < 4.78 is 12.5. The average Bonchev–Trinajstić information content (AvgIpc) is 3.44. The van der Waals surface area contributed by atoms with Gasteiger partial charge in [0.2, 0.25) is 0 Å². The molecule has 1 saturated carbocycles. The van der Waals surface area contributed by atoms with Gasteiger partial charge in [-0.15, -0.1) is 0 Å². The molecule has 1 heterocycles. The van der Waals surface area contributed by atoms with Crippen molar-refractivity contribution in [2.45, 2.75) is 31.7 Å². The minimum atomic E-state index is -0.142. The molecule has 29 heavy (non-hydrogen) atoms. The minimum Gasteiger partial charge on any atom is -0.493 e. The third-order valence-corrected chi connectivity index (χ3v) is 5.33. The number of nitrogens with zero attached hydrogens (tertiary/aromatic N) is 2. The maximum atomic E-state index is 13.1. The standard InChI is InChI=1S/C23H25N3O3/c1-28-20-13-12-16(14-21(20)29-2)19-15-26(18-10-4-3-5-11-18)25-22(19)23(27)24-17-8-6-7-9-17/h3-5,10-15,17H,6-9H2,1-2H3,(H,24,27). The van der Waals surface area contributed by atoms with Crippen molar-refractivity contribution in [1.82, 2.24) is 15.1 Å². The number of para-hydroxylation sites is 1. The van der Waals surface area contributed by atoms with Crippen molar-refractivity contribution in [3.05, 3.63) is 60.4 Å². The predicted octanol–water partition coefficient (Wildman–Crippen LogP) is 4.23. The van der Waals surface area contributed by atoms with E-state index < -0.39 is 0 Å². The summed E-state index contributed by atoms with van der Waals surface area (Å²) in [5.74, 6) is 1.11. The Morgan fingerprint density at radius 2 is 1.76 bits per heavy atom. The van der Waals surface area contributed by atoms with Crippen LogP contribution in [0.25, 0.3) is 16.8 Å². The van der Waals surface area contributed by atoms with E-state index in [9.17, 15) is 4.79 Å². The molecule has 0 atom stereocenters. The smallest absolute Gasteiger partial charge is 0.272 e. The molecule has 0 aliphatic heterocycles. The molecule has 4 rings (SSSR count). The van der Waals surface area contributed by atoms with Crippen LogP contribution in [0, 0.1) is 0 Å². The highest BCUT2D eigenvalue weighted by atomic mass is 16.5. The normalized spacial score (nSPS) is 14.0. The maximum absolute atomic E-state index is 13.1. The van der Waals surface area contributed by atoms with Gasteiger partial charge in [0.15, 0.2) is 17.2 Å². The molecule has 0 bridgehead atoms. The molecule has 6 heteroatoms. The Morgan fingerprint density at radius 1 is 1.03 bits per heavy atom. The number of benzene rings is 2. The molecule has 1 N–H and O–H groups in total. The van der Waals surface area contributed by atoms with E-state index in [1.54, 1.807) is 18.9 Å². The van der Waals surface area contributed by atoms with E-state index in [1.165, 1.54) is 0 Å². The number of aromatic nitrogens is 2. The zero-order valence-electron chi connectivity index (χ0n) is 16.7. The lowest BCUT2D eigenvalue weighted by Gasteiger charge is -2.12. The van der Waals surface area contributed by atoms with Gasteiger partial charge in [-0.1, -0.05) is 37.1 Å². The molecule has 0 spiro atoms. The third kappa shape index (κ3) is 3.97. The van der Waals surface area contributed by atoms with Gasteiger partial charge in [-0.2, -0.15) is 5.10 Å². The van der Waals surface area contributed by atoms with Crippen LogP contribution in [0.5, 0.6) is 11.5 Å². The van der Waals surface area contributed by atoms with Gasteiger partial charge in [0.05, 0.1) is 19.9 Å². The SMILES string of the molecule is COc1ccc(-c2cn(-c3ccccc3)nc2C(=O)NC2CCCC2)cc1OC. The highest BCUT2D eigenvalue weighted by Gasteiger charge is 2.24. The Balaban J connectivity index is 1.76. The number of carbonyl (C=O) groups excluding carboxylic acids is 1. The summed E-state index contributed by atoms with van der Waals surface area (Å²) in [5, 5.41) is 7.78. The van der Waals surface area contributed by atoms with E-state index in [0.717, 1.165) is 42.5 Å². The molecule has 1 aliphatic carbocycles. The molecule has 1 aliphatic rings. The zero-order chi connectivity index (χ0) is 20.2. The van der Waals surface area contributed by atoms with Crippen molar-refractivity contribution < 1.29 is 14.3 Å². The topological polar surface area (TPSA) is 65.4 Å². The Morgan fingerprint density at radius 3 is 2.45 bits per heavy atom. The number of methoxy groups -OCH3 is 2. The Kier molecular flexibility index (Phi) is 5.51. The zero-order valence-corrected chi connectivity index (χ0v) is 16.7. The predicted molar refractivity (Wildman–Crippen MR) is 112 cm³/mol. The van der Waals surface area contributed by atoms with E-state index in [1.807, 2.05) is 54.7 Å². The van der Waals surface area contributed by atoms with E-state index in [2.05, 4.69) is 10.4 Å². The highest BCUT2D eigenvalue weighted by Crippen LogP contribution is 2.34.